The standard InChI is InChI=1S/C20H17FN2O4/c21-13-5-6-17-11(7-13)9-18(27-17)19(24)23-16(20(25)26)8-12-10-22-15-4-2-1-3-14(12)15/h1-7,10,16,18,22H,8-9H2,(H,23,24)(H,25,26)/t16-,18-/m1/s1. The number of halogens is 1. The fourth-order valence-corrected chi connectivity index (χ4v) is 3.35. The highest BCUT2D eigenvalue weighted by Gasteiger charge is 2.32. The van der Waals surface area contributed by atoms with E-state index < -0.39 is 29.8 Å². The number of hydrogen-bond donors (Lipinski definition) is 3. The molecule has 7 heteroatoms. The molecule has 1 amide bonds. The third-order valence-corrected chi connectivity index (χ3v) is 4.70. The van der Waals surface area contributed by atoms with E-state index in [4.69, 9.17) is 4.74 Å². The molecule has 4 rings (SSSR count). The lowest BCUT2D eigenvalue weighted by atomic mass is 10.0. The van der Waals surface area contributed by atoms with Gasteiger partial charge in [0.15, 0.2) is 6.10 Å². The number of aromatic nitrogens is 1. The van der Waals surface area contributed by atoms with Crippen LogP contribution in [0.15, 0.2) is 48.7 Å². The minimum absolute atomic E-state index is 0.138. The van der Waals surface area contributed by atoms with Gasteiger partial charge in [0.2, 0.25) is 0 Å². The zero-order chi connectivity index (χ0) is 19.0. The van der Waals surface area contributed by atoms with Crippen molar-refractivity contribution >= 4 is 22.8 Å². The van der Waals surface area contributed by atoms with E-state index in [-0.39, 0.29) is 12.8 Å². The predicted octanol–water partition coefficient (Wildman–Crippen LogP) is 2.42. The number of para-hydroxylation sites is 1. The van der Waals surface area contributed by atoms with Crippen LogP contribution in [0.25, 0.3) is 10.9 Å². The largest absolute Gasteiger partial charge is 0.480 e. The SMILES string of the molecule is O=C(O)[C@@H](Cc1c[nH]c2ccccc12)NC(=O)[C@H]1Cc2cc(F)ccc2O1. The van der Waals surface area contributed by atoms with E-state index in [1.807, 2.05) is 24.3 Å². The van der Waals surface area contributed by atoms with Crippen molar-refractivity contribution in [3.8, 4) is 5.75 Å². The normalized spacial score (nSPS) is 16.6. The highest BCUT2D eigenvalue weighted by molar-refractivity contribution is 5.89. The molecule has 27 heavy (non-hydrogen) atoms. The number of carboxylic acid groups (broad SMARTS) is 1. The molecule has 0 radical (unpaired) electrons. The van der Waals surface area contributed by atoms with Gasteiger partial charge in [-0.25, -0.2) is 9.18 Å². The summed E-state index contributed by atoms with van der Waals surface area (Å²) in [6, 6.07) is 10.5. The number of hydrogen-bond acceptors (Lipinski definition) is 3. The Hall–Kier alpha value is -3.35. The molecule has 0 saturated carbocycles. The Labute approximate surface area is 154 Å². The van der Waals surface area contributed by atoms with Crippen LogP contribution in [0.1, 0.15) is 11.1 Å². The quantitative estimate of drug-likeness (QED) is 0.645. The molecule has 0 aliphatic carbocycles. The van der Waals surface area contributed by atoms with E-state index in [9.17, 15) is 19.1 Å². The first-order valence-electron chi connectivity index (χ1n) is 8.54. The van der Waals surface area contributed by atoms with Crippen LogP contribution in [0.4, 0.5) is 4.39 Å². The molecule has 138 valence electrons. The van der Waals surface area contributed by atoms with E-state index in [1.54, 1.807) is 6.20 Å². The Balaban J connectivity index is 1.47. The lowest BCUT2D eigenvalue weighted by Crippen LogP contribution is -2.47. The van der Waals surface area contributed by atoms with Gasteiger partial charge in [-0.2, -0.15) is 0 Å². The summed E-state index contributed by atoms with van der Waals surface area (Å²) >= 11 is 0. The van der Waals surface area contributed by atoms with E-state index >= 15 is 0 Å². The number of carbonyl (C=O) groups excluding carboxylic acids is 1. The fraction of sp³-hybridized carbons (Fsp3) is 0.200. The highest BCUT2D eigenvalue weighted by atomic mass is 19.1. The lowest BCUT2D eigenvalue weighted by Gasteiger charge is -2.17. The molecule has 0 saturated heterocycles. The third kappa shape index (κ3) is 3.36. The smallest absolute Gasteiger partial charge is 0.326 e. The molecule has 1 aliphatic heterocycles. The summed E-state index contributed by atoms with van der Waals surface area (Å²) in [5.74, 6) is -1.62. The molecular formula is C20H17FN2O4. The second kappa shape index (κ2) is 6.75. The van der Waals surface area contributed by atoms with Gasteiger partial charge >= 0.3 is 5.97 Å². The molecule has 0 spiro atoms. The van der Waals surface area contributed by atoms with Crippen molar-refractivity contribution in [3.63, 3.8) is 0 Å². The summed E-state index contributed by atoms with van der Waals surface area (Å²) in [4.78, 5) is 27.3. The molecule has 6 nitrogen and oxygen atoms in total. The monoisotopic (exact) mass is 368 g/mol. The molecular weight excluding hydrogens is 351 g/mol. The number of carbonyl (C=O) groups is 2. The van der Waals surface area contributed by atoms with E-state index in [0.717, 1.165) is 16.5 Å². The number of nitrogens with one attached hydrogen (secondary N) is 2. The second-order valence-electron chi connectivity index (χ2n) is 6.53. The zero-order valence-electron chi connectivity index (χ0n) is 14.2. The summed E-state index contributed by atoms with van der Waals surface area (Å²) in [7, 11) is 0. The molecule has 1 aliphatic rings. The Bertz CT molecular complexity index is 1030. The number of fused-ring (bicyclic) bond motifs is 2. The van der Waals surface area contributed by atoms with Crippen LogP contribution >= 0.6 is 0 Å². The van der Waals surface area contributed by atoms with Crippen molar-refractivity contribution < 1.29 is 23.8 Å². The van der Waals surface area contributed by atoms with Gasteiger partial charge in [-0.1, -0.05) is 18.2 Å². The van der Waals surface area contributed by atoms with Gasteiger partial charge in [-0.05, 0) is 29.8 Å². The lowest BCUT2D eigenvalue weighted by molar-refractivity contribution is -0.142. The number of ether oxygens (including phenoxy) is 1. The Morgan fingerprint density at radius 3 is 2.93 bits per heavy atom. The first kappa shape index (κ1) is 17.1. The van der Waals surface area contributed by atoms with Crippen LogP contribution in [0.5, 0.6) is 5.75 Å². The summed E-state index contributed by atoms with van der Waals surface area (Å²) < 4.78 is 18.8. The fourth-order valence-electron chi connectivity index (χ4n) is 3.35. The third-order valence-electron chi connectivity index (χ3n) is 4.70. The number of H-pyrrole nitrogens is 1. The van der Waals surface area contributed by atoms with E-state index in [2.05, 4.69) is 10.3 Å². The van der Waals surface area contributed by atoms with Crippen LogP contribution in [-0.2, 0) is 22.4 Å². The molecule has 2 atom stereocenters. The Morgan fingerprint density at radius 2 is 2.11 bits per heavy atom. The van der Waals surface area contributed by atoms with Gasteiger partial charge in [0.1, 0.15) is 17.6 Å². The predicted molar refractivity (Wildman–Crippen MR) is 96.1 cm³/mol. The summed E-state index contributed by atoms with van der Waals surface area (Å²) in [5, 5.41) is 13.0. The molecule has 2 heterocycles. The number of aromatic amines is 1. The average molecular weight is 368 g/mol. The number of amides is 1. The van der Waals surface area contributed by atoms with Gasteiger partial charge < -0.3 is 20.1 Å². The molecule has 0 bridgehead atoms. The van der Waals surface area contributed by atoms with Gasteiger partial charge in [-0.15, -0.1) is 0 Å². The number of benzene rings is 2. The van der Waals surface area contributed by atoms with Crippen molar-refractivity contribution in [2.75, 3.05) is 0 Å². The maximum Gasteiger partial charge on any atom is 0.326 e. The topological polar surface area (TPSA) is 91.4 Å². The van der Waals surface area contributed by atoms with Crippen LogP contribution < -0.4 is 10.1 Å². The zero-order valence-corrected chi connectivity index (χ0v) is 14.2. The Morgan fingerprint density at radius 1 is 1.30 bits per heavy atom. The van der Waals surface area contributed by atoms with Gasteiger partial charge in [0.05, 0.1) is 0 Å². The number of rotatable bonds is 5. The molecule has 1 aromatic heterocycles. The minimum Gasteiger partial charge on any atom is -0.480 e. The first-order valence-corrected chi connectivity index (χ1v) is 8.54. The molecule has 3 aromatic rings. The maximum atomic E-state index is 13.3. The van der Waals surface area contributed by atoms with Crippen LogP contribution in [0, 0.1) is 5.82 Å². The molecule has 3 N–H and O–H groups in total. The summed E-state index contributed by atoms with van der Waals surface area (Å²) in [6.07, 6.45) is 1.22. The van der Waals surface area contributed by atoms with Crippen molar-refractivity contribution in [2.45, 2.75) is 25.0 Å². The summed E-state index contributed by atoms with van der Waals surface area (Å²) in [5.41, 5.74) is 2.30. The van der Waals surface area contributed by atoms with Crippen molar-refractivity contribution in [2.24, 2.45) is 0 Å². The van der Waals surface area contributed by atoms with Gasteiger partial charge in [-0.3, -0.25) is 4.79 Å². The Kier molecular flexibility index (Phi) is 4.27. The van der Waals surface area contributed by atoms with Crippen LogP contribution in [0.3, 0.4) is 0 Å². The van der Waals surface area contributed by atoms with Crippen molar-refractivity contribution in [1.82, 2.24) is 10.3 Å². The highest BCUT2D eigenvalue weighted by Crippen LogP contribution is 2.29. The maximum absolute atomic E-state index is 13.3. The van der Waals surface area contributed by atoms with Crippen molar-refractivity contribution in [1.29, 1.82) is 0 Å². The first-order chi connectivity index (χ1) is 13.0. The summed E-state index contributed by atoms with van der Waals surface area (Å²) in [6.45, 7) is 0. The number of carboxylic acids is 1. The average Bonchev–Trinajstić information content (AvgIpc) is 3.25. The molecule has 0 fully saturated rings. The van der Waals surface area contributed by atoms with Crippen LogP contribution in [0.2, 0.25) is 0 Å². The molecule has 0 unspecified atom stereocenters. The van der Waals surface area contributed by atoms with Crippen molar-refractivity contribution in [3.05, 3.63) is 65.6 Å². The number of aliphatic carboxylic acids is 1. The van der Waals surface area contributed by atoms with E-state index in [1.165, 1.54) is 18.2 Å². The van der Waals surface area contributed by atoms with Crippen LogP contribution in [-0.4, -0.2) is 34.1 Å². The minimum atomic E-state index is -1.13. The van der Waals surface area contributed by atoms with Gasteiger partial charge in [0.25, 0.3) is 5.91 Å². The van der Waals surface area contributed by atoms with Gasteiger partial charge in [0, 0.05) is 35.5 Å². The van der Waals surface area contributed by atoms with E-state index in [0.29, 0.717) is 11.3 Å². The molecule has 2 aromatic carbocycles. The second-order valence-corrected chi connectivity index (χ2v) is 6.53.